The zero-order valence-electron chi connectivity index (χ0n) is 9.76. The summed E-state index contributed by atoms with van der Waals surface area (Å²) in [5.74, 6) is -0.266. The van der Waals surface area contributed by atoms with Crippen molar-refractivity contribution >= 4 is 72.1 Å². The van der Waals surface area contributed by atoms with Gasteiger partial charge in [0.1, 0.15) is 4.88 Å². The zero-order chi connectivity index (χ0) is 14.2. The lowest BCUT2D eigenvalue weighted by molar-refractivity contribution is 0.103. The van der Waals surface area contributed by atoms with Crippen LogP contribution in [-0.4, -0.2) is 5.91 Å². The molecular weight excluding hydrogens is 415 g/mol. The van der Waals surface area contributed by atoms with E-state index in [1.54, 1.807) is 6.07 Å². The molecule has 0 aliphatic carbocycles. The van der Waals surface area contributed by atoms with Gasteiger partial charge < -0.3 is 11.1 Å². The van der Waals surface area contributed by atoms with Gasteiger partial charge in [-0.05, 0) is 45.9 Å². The molecule has 0 aliphatic rings. The number of anilines is 2. The van der Waals surface area contributed by atoms with Crippen molar-refractivity contribution in [2.75, 3.05) is 11.1 Å². The molecule has 0 bridgehead atoms. The van der Waals surface area contributed by atoms with E-state index in [1.165, 1.54) is 11.3 Å². The van der Waals surface area contributed by atoms with Gasteiger partial charge in [0.25, 0.3) is 5.91 Å². The van der Waals surface area contributed by atoms with Crippen LogP contribution in [0.1, 0.15) is 15.2 Å². The quantitative estimate of drug-likeness (QED) is 0.662. The van der Waals surface area contributed by atoms with Crippen molar-refractivity contribution in [2.24, 2.45) is 0 Å². The van der Waals surface area contributed by atoms with E-state index in [-0.39, 0.29) is 5.91 Å². The molecule has 1 aromatic heterocycles. The number of hydrogen-bond acceptors (Lipinski definition) is 3. The standard InChI is InChI=1S/C12H9Br2ClN2OS/c1-5-4-19-11(9(5)15)12(18)17-10-7(14)2-6(13)3-8(10)16/h2-4H,16H2,1H3,(H,17,18). The Bertz CT molecular complexity index is 634. The van der Waals surface area contributed by atoms with Crippen LogP contribution in [0.3, 0.4) is 0 Å². The van der Waals surface area contributed by atoms with Crippen LogP contribution >= 0.6 is 54.8 Å². The number of thiophene rings is 1. The van der Waals surface area contributed by atoms with Crippen molar-refractivity contribution in [2.45, 2.75) is 6.92 Å². The van der Waals surface area contributed by atoms with Crippen LogP contribution in [-0.2, 0) is 0 Å². The molecule has 1 amide bonds. The molecule has 0 aliphatic heterocycles. The summed E-state index contributed by atoms with van der Waals surface area (Å²) in [5.41, 5.74) is 7.78. The highest BCUT2D eigenvalue weighted by atomic mass is 79.9. The van der Waals surface area contributed by atoms with E-state index in [0.29, 0.717) is 25.7 Å². The third kappa shape index (κ3) is 3.13. The number of amides is 1. The smallest absolute Gasteiger partial charge is 0.267 e. The molecule has 1 heterocycles. The van der Waals surface area contributed by atoms with E-state index in [1.807, 2.05) is 18.4 Å². The van der Waals surface area contributed by atoms with E-state index < -0.39 is 0 Å². The van der Waals surface area contributed by atoms with E-state index in [4.69, 9.17) is 17.3 Å². The Labute approximate surface area is 136 Å². The molecule has 0 unspecified atom stereocenters. The SMILES string of the molecule is Cc1csc(C(=O)Nc2c(N)cc(Br)cc2Br)c1Cl. The molecule has 3 N–H and O–H groups in total. The highest BCUT2D eigenvalue weighted by Gasteiger charge is 2.17. The molecule has 3 nitrogen and oxygen atoms in total. The molecule has 0 fully saturated rings. The fourth-order valence-electron chi connectivity index (χ4n) is 1.48. The van der Waals surface area contributed by atoms with Gasteiger partial charge in [0.05, 0.1) is 16.4 Å². The number of halogens is 3. The summed E-state index contributed by atoms with van der Waals surface area (Å²) in [4.78, 5) is 12.6. The Morgan fingerprint density at radius 2 is 2.11 bits per heavy atom. The average molecular weight is 425 g/mol. The second-order valence-electron chi connectivity index (χ2n) is 3.87. The summed E-state index contributed by atoms with van der Waals surface area (Å²) in [6, 6.07) is 3.54. The van der Waals surface area contributed by atoms with Crippen molar-refractivity contribution in [3.63, 3.8) is 0 Å². The highest BCUT2D eigenvalue weighted by Crippen LogP contribution is 2.34. The van der Waals surface area contributed by atoms with E-state index in [0.717, 1.165) is 10.0 Å². The summed E-state index contributed by atoms with van der Waals surface area (Å²) < 4.78 is 1.54. The lowest BCUT2D eigenvalue weighted by Gasteiger charge is -2.10. The minimum Gasteiger partial charge on any atom is -0.397 e. The molecule has 19 heavy (non-hydrogen) atoms. The van der Waals surface area contributed by atoms with Gasteiger partial charge in [0.15, 0.2) is 0 Å². The van der Waals surface area contributed by atoms with Gasteiger partial charge in [-0.3, -0.25) is 4.79 Å². The number of hydrogen-bond donors (Lipinski definition) is 2. The zero-order valence-corrected chi connectivity index (χ0v) is 14.5. The Morgan fingerprint density at radius 3 is 2.63 bits per heavy atom. The van der Waals surface area contributed by atoms with Crippen LogP contribution in [0.5, 0.6) is 0 Å². The van der Waals surface area contributed by atoms with Crippen LogP contribution in [0.4, 0.5) is 11.4 Å². The Morgan fingerprint density at radius 1 is 1.42 bits per heavy atom. The van der Waals surface area contributed by atoms with Crippen molar-refractivity contribution < 1.29 is 4.79 Å². The molecule has 2 aromatic rings. The number of nitrogens with two attached hydrogens (primary N) is 1. The second-order valence-corrected chi connectivity index (χ2v) is 6.90. The Balaban J connectivity index is 2.32. The normalized spacial score (nSPS) is 10.5. The van der Waals surface area contributed by atoms with Crippen LogP contribution in [0.15, 0.2) is 26.5 Å². The molecule has 0 spiro atoms. The summed E-state index contributed by atoms with van der Waals surface area (Å²) in [5, 5.41) is 5.10. The molecule has 7 heteroatoms. The molecule has 100 valence electrons. The van der Waals surface area contributed by atoms with Crippen molar-refractivity contribution in [1.82, 2.24) is 0 Å². The van der Waals surface area contributed by atoms with Crippen LogP contribution in [0.25, 0.3) is 0 Å². The fourth-order valence-corrected chi connectivity index (χ4v) is 4.01. The maximum absolute atomic E-state index is 12.2. The lowest BCUT2D eigenvalue weighted by atomic mass is 10.2. The highest BCUT2D eigenvalue weighted by molar-refractivity contribution is 9.11. The van der Waals surface area contributed by atoms with E-state index >= 15 is 0 Å². The number of carbonyl (C=O) groups is 1. The van der Waals surface area contributed by atoms with Crippen LogP contribution < -0.4 is 11.1 Å². The maximum atomic E-state index is 12.2. The molecular formula is C12H9Br2ClN2OS. The Hall–Kier alpha value is -0.560. The summed E-state index contributed by atoms with van der Waals surface area (Å²) in [6.07, 6.45) is 0. The number of aryl methyl sites for hydroxylation is 1. The predicted molar refractivity (Wildman–Crippen MR) is 88.3 cm³/mol. The van der Waals surface area contributed by atoms with Crippen molar-refractivity contribution in [3.8, 4) is 0 Å². The van der Waals surface area contributed by atoms with Gasteiger partial charge >= 0.3 is 0 Å². The van der Waals surface area contributed by atoms with E-state index in [9.17, 15) is 4.79 Å². The van der Waals surface area contributed by atoms with Crippen LogP contribution in [0, 0.1) is 6.92 Å². The fraction of sp³-hybridized carbons (Fsp3) is 0.0833. The van der Waals surface area contributed by atoms with Crippen LogP contribution in [0.2, 0.25) is 5.02 Å². The molecule has 0 radical (unpaired) electrons. The van der Waals surface area contributed by atoms with Gasteiger partial charge in [0, 0.05) is 8.95 Å². The summed E-state index contributed by atoms with van der Waals surface area (Å²) in [7, 11) is 0. The lowest BCUT2D eigenvalue weighted by Crippen LogP contribution is -2.12. The first-order valence-electron chi connectivity index (χ1n) is 5.19. The predicted octanol–water partition coefficient (Wildman–Crippen LogP) is 5.07. The third-order valence-corrected chi connectivity index (χ3v) is 5.21. The summed E-state index contributed by atoms with van der Waals surface area (Å²) in [6.45, 7) is 1.86. The first-order chi connectivity index (χ1) is 8.90. The molecule has 0 atom stereocenters. The number of nitrogen functional groups attached to an aromatic ring is 1. The maximum Gasteiger partial charge on any atom is 0.267 e. The molecule has 0 saturated heterocycles. The number of benzene rings is 1. The summed E-state index contributed by atoms with van der Waals surface area (Å²) >= 11 is 14.1. The average Bonchev–Trinajstić information content (AvgIpc) is 2.64. The van der Waals surface area contributed by atoms with Gasteiger partial charge in [0.2, 0.25) is 0 Å². The Kier molecular flexibility index (Phi) is 4.55. The second kappa shape index (κ2) is 5.83. The van der Waals surface area contributed by atoms with Gasteiger partial charge in [-0.1, -0.05) is 27.5 Å². The van der Waals surface area contributed by atoms with Gasteiger partial charge in [-0.25, -0.2) is 0 Å². The largest absolute Gasteiger partial charge is 0.397 e. The monoisotopic (exact) mass is 422 g/mol. The minimum atomic E-state index is -0.266. The first-order valence-corrected chi connectivity index (χ1v) is 8.04. The number of carbonyl (C=O) groups excluding carboxylic acids is 1. The van der Waals surface area contributed by atoms with E-state index in [2.05, 4.69) is 37.2 Å². The third-order valence-electron chi connectivity index (χ3n) is 2.43. The van der Waals surface area contributed by atoms with Gasteiger partial charge in [-0.15, -0.1) is 11.3 Å². The first kappa shape index (κ1) is 14.8. The molecule has 2 rings (SSSR count). The minimum absolute atomic E-state index is 0.266. The van der Waals surface area contributed by atoms with Crippen molar-refractivity contribution in [3.05, 3.63) is 41.9 Å². The number of rotatable bonds is 2. The van der Waals surface area contributed by atoms with Crippen molar-refractivity contribution in [1.29, 1.82) is 0 Å². The topological polar surface area (TPSA) is 55.1 Å². The van der Waals surface area contributed by atoms with Gasteiger partial charge in [-0.2, -0.15) is 0 Å². The molecule has 0 saturated carbocycles. The molecule has 1 aromatic carbocycles. The number of nitrogens with one attached hydrogen (secondary N) is 1.